The summed E-state index contributed by atoms with van der Waals surface area (Å²) in [4.78, 5) is 11.2. The predicted molar refractivity (Wildman–Crippen MR) is 71.5 cm³/mol. The van der Waals surface area contributed by atoms with Gasteiger partial charge in [0.05, 0.1) is 11.8 Å². The van der Waals surface area contributed by atoms with Crippen molar-refractivity contribution in [1.29, 1.82) is 0 Å². The van der Waals surface area contributed by atoms with Gasteiger partial charge in [-0.2, -0.15) is 0 Å². The van der Waals surface area contributed by atoms with Crippen LogP contribution in [0, 0.1) is 6.92 Å². The van der Waals surface area contributed by atoms with E-state index < -0.39 is 0 Å². The van der Waals surface area contributed by atoms with E-state index in [1.165, 1.54) is 0 Å². The minimum absolute atomic E-state index is 0.300. The van der Waals surface area contributed by atoms with Crippen LogP contribution in [0.1, 0.15) is 31.2 Å². The summed E-state index contributed by atoms with van der Waals surface area (Å²) in [7, 11) is 0. The van der Waals surface area contributed by atoms with E-state index >= 15 is 0 Å². The molecule has 18 heavy (non-hydrogen) atoms. The lowest BCUT2D eigenvalue weighted by molar-refractivity contribution is 0.0523. The Morgan fingerprint density at radius 3 is 3.06 bits per heavy atom. The molecule has 1 atom stereocenters. The third-order valence-corrected chi connectivity index (χ3v) is 3.17. The number of nitrogens with two attached hydrogens (primary N) is 1. The summed E-state index contributed by atoms with van der Waals surface area (Å²) in [6.07, 6.45) is 2.55. The van der Waals surface area contributed by atoms with Crippen LogP contribution in [0.4, 0.5) is 5.95 Å². The first-order valence-corrected chi connectivity index (χ1v) is 6.64. The third kappa shape index (κ3) is 3.17. The molecule has 0 aromatic carbocycles. The minimum Gasteiger partial charge on any atom is -0.377 e. The van der Waals surface area contributed by atoms with Crippen molar-refractivity contribution in [3.05, 3.63) is 17.5 Å². The van der Waals surface area contributed by atoms with Gasteiger partial charge in [-0.3, -0.25) is 0 Å². The highest BCUT2D eigenvalue weighted by molar-refractivity contribution is 5.33. The highest BCUT2D eigenvalue weighted by Crippen LogP contribution is 2.18. The van der Waals surface area contributed by atoms with Crippen molar-refractivity contribution in [3.63, 3.8) is 0 Å². The van der Waals surface area contributed by atoms with Crippen LogP contribution in [0.25, 0.3) is 0 Å². The Kier molecular flexibility index (Phi) is 4.49. The SMILES string of the molecule is CCOC1CCCN(c2nc(C)cc(CN)n2)C1. The smallest absolute Gasteiger partial charge is 0.225 e. The number of nitrogens with zero attached hydrogens (tertiary/aromatic N) is 3. The monoisotopic (exact) mass is 250 g/mol. The normalized spacial score (nSPS) is 20.2. The fourth-order valence-electron chi connectivity index (χ4n) is 2.35. The van der Waals surface area contributed by atoms with Crippen molar-refractivity contribution < 1.29 is 4.74 Å². The first-order chi connectivity index (χ1) is 8.72. The van der Waals surface area contributed by atoms with E-state index in [0.717, 1.165) is 49.9 Å². The molecule has 100 valence electrons. The zero-order chi connectivity index (χ0) is 13.0. The highest BCUT2D eigenvalue weighted by atomic mass is 16.5. The molecule has 1 aliphatic rings. The summed E-state index contributed by atoms with van der Waals surface area (Å²) in [6.45, 7) is 7.11. The van der Waals surface area contributed by atoms with Crippen molar-refractivity contribution >= 4 is 5.95 Å². The molecule has 1 unspecified atom stereocenters. The Hall–Kier alpha value is -1.20. The van der Waals surface area contributed by atoms with Crippen molar-refractivity contribution in [2.24, 2.45) is 5.73 Å². The Morgan fingerprint density at radius 2 is 2.33 bits per heavy atom. The topological polar surface area (TPSA) is 64.3 Å². The van der Waals surface area contributed by atoms with E-state index in [9.17, 15) is 0 Å². The molecule has 0 bridgehead atoms. The summed E-state index contributed by atoms with van der Waals surface area (Å²) in [5, 5.41) is 0. The fraction of sp³-hybridized carbons (Fsp3) is 0.692. The number of ether oxygens (including phenoxy) is 1. The average Bonchev–Trinajstić information content (AvgIpc) is 2.39. The molecule has 5 nitrogen and oxygen atoms in total. The lowest BCUT2D eigenvalue weighted by atomic mass is 10.1. The molecule has 0 radical (unpaired) electrons. The lowest BCUT2D eigenvalue weighted by Gasteiger charge is -2.32. The van der Waals surface area contributed by atoms with Gasteiger partial charge in [0.1, 0.15) is 0 Å². The number of hydrogen-bond donors (Lipinski definition) is 1. The summed E-state index contributed by atoms with van der Waals surface area (Å²) >= 11 is 0. The van der Waals surface area contributed by atoms with Crippen molar-refractivity contribution in [3.8, 4) is 0 Å². The van der Waals surface area contributed by atoms with Crippen LogP contribution in [0.15, 0.2) is 6.07 Å². The largest absolute Gasteiger partial charge is 0.377 e. The molecule has 1 fully saturated rings. The van der Waals surface area contributed by atoms with E-state index in [1.807, 2.05) is 19.9 Å². The van der Waals surface area contributed by atoms with Gasteiger partial charge in [-0.15, -0.1) is 0 Å². The van der Waals surface area contributed by atoms with Gasteiger partial charge in [0.15, 0.2) is 0 Å². The molecular formula is C13H22N4O. The van der Waals surface area contributed by atoms with E-state index in [-0.39, 0.29) is 0 Å². The number of piperidine rings is 1. The molecule has 0 saturated carbocycles. The Bertz CT molecular complexity index is 395. The first-order valence-electron chi connectivity index (χ1n) is 6.64. The van der Waals surface area contributed by atoms with Gasteiger partial charge in [-0.1, -0.05) is 0 Å². The number of aromatic nitrogens is 2. The number of anilines is 1. The van der Waals surface area contributed by atoms with Crippen LogP contribution in [-0.4, -0.2) is 35.8 Å². The highest BCUT2D eigenvalue weighted by Gasteiger charge is 2.22. The average molecular weight is 250 g/mol. The second-order valence-electron chi connectivity index (χ2n) is 4.67. The molecule has 2 heterocycles. The van der Waals surface area contributed by atoms with Crippen molar-refractivity contribution in [2.45, 2.75) is 39.3 Å². The van der Waals surface area contributed by atoms with Gasteiger partial charge in [0, 0.05) is 31.9 Å². The molecular weight excluding hydrogens is 228 g/mol. The maximum atomic E-state index is 5.70. The zero-order valence-electron chi connectivity index (χ0n) is 11.2. The standard InChI is InChI=1S/C13H22N4O/c1-3-18-12-5-4-6-17(9-12)13-15-10(2)7-11(8-14)16-13/h7,12H,3-6,8-9,14H2,1-2H3. The van der Waals surface area contributed by atoms with Crippen LogP contribution < -0.4 is 10.6 Å². The Morgan fingerprint density at radius 1 is 1.50 bits per heavy atom. The number of hydrogen-bond acceptors (Lipinski definition) is 5. The zero-order valence-corrected chi connectivity index (χ0v) is 11.2. The molecule has 1 aliphatic heterocycles. The van der Waals surface area contributed by atoms with E-state index in [0.29, 0.717) is 12.6 Å². The minimum atomic E-state index is 0.300. The van der Waals surface area contributed by atoms with Gasteiger partial charge in [-0.25, -0.2) is 9.97 Å². The van der Waals surface area contributed by atoms with Gasteiger partial charge < -0.3 is 15.4 Å². The van der Waals surface area contributed by atoms with Crippen LogP contribution in [0.5, 0.6) is 0 Å². The Labute approximate surface area is 108 Å². The molecule has 0 amide bonds. The summed E-state index contributed by atoms with van der Waals surface area (Å²) in [5.74, 6) is 0.792. The number of aryl methyl sites for hydroxylation is 1. The van der Waals surface area contributed by atoms with Crippen LogP contribution in [-0.2, 0) is 11.3 Å². The second-order valence-corrected chi connectivity index (χ2v) is 4.67. The van der Waals surface area contributed by atoms with E-state index in [2.05, 4.69) is 14.9 Å². The number of rotatable bonds is 4. The molecule has 0 aliphatic carbocycles. The van der Waals surface area contributed by atoms with E-state index in [4.69, 9.17) is 10.5 Å². The summed E-state index contributed by atoms with van der Waals surface area (Å²) < 4.78 is 5.70. The van der Waals surface area contributed by atoms with Gasteiger partial charge >= 0.3 is 0 Å². The maximum Gasteiger partial charge on any atom is 0.225 e. The van der Waals surface area contributed by atoms with Crippen molar-refractivity contribution in [2.75, 3.05) is 24.6 Å². The maximum absolute atomic E-state index is 5.70. The van der Waals surface area contributed by atoms with Gasteiger partial charge in [0.2, 0.25) is 5.95 Å². The van der Waals surface area contributed by atoms with E-state index in [1.54, 1.807) is 0 Å². The fourth-order valence-corrected chi connectivity index (χ4v) is 2.35. The Balaban J connectivity index is 2.12. The molecule has 2 N–H and O–H groups in total. The molecule has 1 aromatic rings. The molecule has 5 heteroatoms. The molecule has 2 rings (SSSR count). The molecule has 1 saturated heterocycles. The van der Waals surface area contributed by atoms with Crippen molar-refractivity contribution in [1.82, 2.24) is 9.97 Å². The van der Waals surface area contributed by atoms with Gasteiger partial charge in [0.25, 0.3) is 0 Å². The summed E-state index contributed by atoms with van der Waals surface area (Å²) in [5.41, 5.74) is 7.53. The quantitative estimate of drug-likeness (QED) is 0.871. The first kappa shape index (κ1) is 13.2. The molecule has 0 spiro atoms. The second kappa shape index (κ2) is 6.11. The molecule has 1 aromatic heterocycles. The third-order valence-electron chi connectivity index (χ3n) is 3.17. The van der Waals surface area contributed by atoms with Crippen LogP contribution in [0.3, 0.4) is 0 Å². The van der Waals surface area contributed by atoms with Gasteiger partial charge in [-0.05, 0) is 32.8 Å². The van der Waals surface area contributed by atoms with Crippen LogP contribution in [0.2, 0.25) is 0 Å². The lowest BCUT2D eigenvalue weighted by Crippen LogP contribution is -2.40. The predicted octanol–water partition coefficient (Wildman–Crippen LogP) is 1.25. The summed E-state index contributed by atoms with van der Waals surface area (Å²) in [6, 6.07) is 1.94. The van der Waals surface area contributed by atoms with Crippen LogP contribution >= 0.6 is 0 Å².